The molecule has 2 aliphatic rings. The fraction of sp³-hybridized carbons (Fsp3) is 0.378. The summed E-state index contributed by atoms with van der Waals surface area (Å²) >= 11 is 0. The Kier molecular flexibility index (Phi) is 15.1. The number of amides is 3. The van der Waals surface area contributed by atoms with Crippen molar-refractivity contribution in [2.24, 2.45) is 5.92 Å². The number of rotatable bonds is 17. The maximum absolute atomic E-state index is 13.9. The molecule has 1 saturated carbocycles. The van der Waals surface area contributed by atoms with Crippen LogP contribution >= 0.6 is 0 Å². The van der Waals surface area contributed by atoms with Gasteiger partial charge in [0.2, 0.25) is 10.0 Å². The molecule has 62 heavy (non-hydrogen) atoms. The molecule has 2 fully saturated rings. The van der Waals surface area contributed by atoms with E-state index < -0.39 is 58.3 Å². The van der Waals surface area contributed by atoms with Gasteiger partial charge in [-0.3, -0.25) is 19.2 Å². The molecule has 1 atom stereocenters. The molecule has 1 aromatic heterocycles. The summed E-state index contributed by atoms with van der Waals surface area (Å²) in [7, 11) is -4.03. The van der Waals surface area contributed by atoms with Gasteiger partial charge in [-0.2, -0.15) is 4.31 Å². The van der Waals surface area contributed by atoms with Gasteiger partial charge in [-0.05, 0) is 124 Å². The van der Waals surface area contributed by atoms with Crippen LogP contribution in [0.3, 0.4) is 0 Å². The van der Waals surface area contributed by atoms with E-state index in [1.807, 2.05) is 12.1 Å². The van der Waals surface area contributed by atoms with Crippen molar-refractivity contribution in [3.8, 4) is 0 Å². The molecule has 1 aliphatic carbocycles. The van der Waals surface area contributed by atoms with Crippen LogP contribution in [0.1, 0.15) is 94.2 Å². The molecule has 3 amide bonds. The molecule has 6 rings (SSSR count). The predicted molar refractivity (Wildman–Crippen MR) is 232 cm³/mol. The summed E-state index contributed by atoms with van der Waals surface area (Å²) in [6.45, 7) is 2.74. The minimum atomic E-state index is -4.03. The number of nitrogens with one attached hydrogen (secondary N) is 3. The number of aliphatic carboxylic acids is 2. The number of carboxylic acids is 2. The van der Waals surface area contributed by atoms with Gasteiger partial charge in [-0.25, -0.2) is 18.2 Å². The van der Waals surface area contributed by atoms with Crippen molar-refractivity contribution >= 4 is 56.9 Å². The van der Waals surface area contributed by atoms with E-state index in [4.69, 9.17) is 10.1 Å². The molecule has 328 valence electrons. The van der Waals surface area contributed by atoms with Gasteiger partial charge in [0, 0.05) is 42.5 Å². The number of carbonyl (C=O) groups is 5. The Labute approximate surface area is 360 Å². The van der Waals surface area contributed by atoms with Crippen LogP contribution in [-0.2, 0) is 32.5 Å². The lowest BCUT2D eigenvalue weighted by molar-refractivity contribution is -0.143. The number of aromatic nitrogens is 1. The number of sulfonamides is 1. The first-order valence-corrected chi connectivity index (χ1v) is 22.3. The highest BCUT2D eigenvalue weighted by molar-refractivity contribution is 7.89. The van der Waals surface area contributed by atoms with Crippen molar-refractivity contribution in [1.82, 2.24) is 14.6 Å². The monoisotopic (exact) mass is 868 g/mol. The molecule has 17 heteroatoms. The quantitative estimate of drug-likeness (QED) is 0.0805. The van der Waals surface area contributed by atoms with Gasteiger partial charge in [0.15, 0.2) is 11.7 Å². The van der Waals surface area contributed by atoms with Crippen LogP contribution in [0.4, 0.5) is 17.2 Å². The Morgan fingerprint density at radius 1 is 0.774 bits per heavy atom. The molecule has 1 aliphatic heterocycles. The fourth-order valence-electron chi connectivity index (χ4n) is 7.87. The molecule has 0 radical (unpaired) electrons. The number of benzene rings is 3. The summed E-state index contributed by atoms with van der Waals surface area (Å²) in [4.78, 5) is 69.5. The minimum Gasteiger partial charge on any atom is -0.481 e. The van der Waals surface area contributed by atoms with Crippen LogP contribution in [0.15, 0.2) is 89.8 Å². The molecular formula is C45H52N6O10S. The number of nitrogens with zero attached hydrogens (tertiary/aromatic N) is 3. The molecule has 3 aromatic carbocycles. The molecule has 0 unspecified atom stereocenters. The van der Waals surface area contributed by atoms with Crippen LogP contribution in [0.25, 0.3) is 0 Å². The Balaban J connectivity index is 1.13. The Bertz CT molecular complexity index is 2360. The molecule has 6 N–H and O–H groups in total. The summed E-state index contributed by atoms with van der Waals surface area (Å²) < 4.78 is 29.2. The summed E-state index contributed by atoms with van der Waals surface area (Å²) in [5, 5.41) is 35.6. The average Bonchev–Trinajstić information content (AvgIpc) is 3.28. The molecule has 16 nitrogen and oxygen atoms in total. The Morgan fingerprint density at radius 3 is 2.02 bits per heavy atom. The number of anilines is 3. The first kappa shape index (κ1) is 45.4. The van der Waals surface area contributed by atoms with E-state index in [2.05, 4.69) is 20.9 Å². The summed E-state index contributed by atoms with van der Waals surface area (Å²) in [6, 6.07) is 21.3. The van der Waals surface area contributed by atoms with Crippen molar-refractivity contribution in [2.45, 2.75) is 81.7 Å². The Morgan fingerprint density at radius 2 is 1.42 bits per heavy atom. The lowest BCUT2D eigenvalue weighted by atomic mass is 9.86. The third-order valence-corrected chi connectivity index (χ3v) is 13.4. The maximum atomic E-state index is 13.9. The van der Waals surface area contributed by atoms with Crippen molar-refractivity contribution in [1.29, 1.82) is 0 Å². The van der Waals surface area contributed by atoms with E-state index in [1.54, 1.807) is 55.5 Å². The number of carboxylic acid groups (broad SMARTS) is 2. The highest BCUT2D eigenvalue weighted by Crippen LogP contribution is 2.32. The zero-order chi connectivity index (χ0) is 44.4. The van der Waals surface area contributed by atoms with Gasteiger partial charge < -0.3 is 36.2 Å². The molecule has 4 aromatic rings. The predicted octanol–water partition coefficient (Wildman–Crippen LogP) is 5.19. The van der Waals surface area contributed by atoms with Gasteiger partial charge in [-0.15, -0.1) is 0 Å². The van der Waals surface area contributed by atoms with Crippen LogP contribution < -0.4 is 20.9 Å². The van der Waals surface area contributed by atoms with Gasteiger partial charge in [-0.1, -0.05) is 37.3 Å². The van der Waals surface area contributed by atoms with E-state index >= 15 is 0 Å². The van der Waals surface area contributed by atoms with E-state index in [0.29, 0.717) is 50.0 Å². The topological polar surface area (TPSA) is 236 Å². The number of hydrogen-bond donors (Lipinski definition) is 6. The number of aliphatic hydroxyl groups excluding tert-OH is 1. The lowest BCUT2D eigenvalue weighted by Crippen LogP contribution is -2.43. The van der Waals surface area contributed by atoms with Gasteiger partial charge >= 0.3 is 11.9 Å². The Hall–Kier alpha value is -6.17. The van der Waals surface area contributed by atoms with E-state index in [9.17, 15) is 42.6 Å². The summed E-state index contributed by atoms with van der Waals surface area (Å²) in [5.41, 5.74) is 2.87. The highest BCUT2D eigenvalue weighted by Gasteiger charge is 2.35. The third-order valence-electron chi connectivity index (χ3n) is 11.4. The third kappa shape index (κ3) is 11.2. The average molecular weight is 869 g/mol. The van der Waals surface area contributed by atoms with Crippen LogP contribution in [0.2, 0.25) is 0 Å². The van der Waals surface area contributed by atoms with Crippen molar-refractivity contribution in [3.05, 3.63) is 113 Å². The van der Waals surface area contributed by atoms with Gasteiger partial charge in [0.05, 0.1) is 23.1 Å². The van der Waals surface area contributed by atoms with E-state index in [1.165, 1.54) is 28.6 Å². The molecule has 2 heterocycles. The van der Waals surface area contributed by atoms with Crippen molar-refractivity contribution < 1.29 is 47.7 Å². The van der Waals surface area contributed by atoms with E-state index in [0.717, 1.165) is 43.5 Å². The minimum absolute atomic E-state index is 0.0182. The smallest absolute Gasteiger partial charge is 0.328 e. The van der Waals surface area contributed by atoms with Crippen LogP contribution in [0.5, 0.6) is 0 Å². The molecule has 0 bridgehead atoms. The highest BCUT2D eigenvalue weighted by atomic mass is 32.2. The van der Waals surface area contributed by atoms with Crippen LogP contribution in [-0.4, -0.2) is 101 Å². The zero-order valence-electron chi connectivity index (χ0n) is 34.5. The lowest BCUT2D eigenvalue weighted by Gasteiger charge is -2.34. The maximum Gasteiger partial charge on any atom is 0.328 e. The second kappa shape index (κ2) is 20.6. The summed E-state index contributed by atoms with van der Waals surface area (Å²) in [5.74, 6) is -3.90. The second-order valence-electron chi connectivity index (χ2n) is 15.5. The normalized spacial score (nSPS) is 17.2. The first-order chi connectivity index (χ1) is 29.8. The van der Waals surface area contributed by atoms with Crippen molar-refractivity contribution in [2.75, 3.05) is 41.8 Å². The summed E-state index contributed by atoms with van der Waals surface area (Å²) in [6.07, 6.45) is 5.96. The molecule has 1 saturated heterocycles. The van der Waals surface area contributed by atoms with Crippen LogP contribution in [0, 0.1) is 5.92 Å². The van der Waals surface area contributed by atoms with E-state index in [-0.39, 0.29) is 40.0 Å². The first-order valence-electron chi connectivity index (χ1n) is 20.8. The number of hydrogen-bond acceptors (Lipinski definition) is 10. The number of piperidine rings is 1. The number of pyridine rings is 1. The standard InChI is InChI=1S/C45H52N6O10S/c1-2-51(35-21-17-32(18-22-35)44(56)57)62(60,61)36-8-6-7-33(27-36)42(54)47-37-23-24-39(50-25-4-3-5-26-50)49-40(37)43(55)46-34-19-13-30(14-20-34)10-9-29-11-15-31(16-12-29)41(53)48-38(28-52)45(58)59/h6-8,11-16,19-20,23-24,27,32,35,38,52H,2-5,9-10,17-18,21-22,25-26,28H2,1H3,(H,46,55)(H,47,54)(H,48,53)(H,56,57)(H,58,59)/t32?,35?,38-/m0/s1. The second-order valence-corrected chi connectivity index (χ2v) is 17.4. The van der Waals surface area contributed by atoms with Gasteiger partial charge in [0.25, 0.3) is 17.7 Å². The number of aryl methyl sites for hydroxylation is 2. The fourth-order valence-corrected chi connectivity index (χ4v) is 9.61. The number of carbonyl (C=O) groups excluding carboxylic acids is 3. The SMILES string of the molecule is CCN(C1CCC(C(=O)O)CC1)S(=O)(=O)c1cccc(C(=O)Nc2ccc(N3CCCCC3)nc2C(=O)Nc2ccc(CCc3ccc(C(=O)N[C@@H](CO)C(=O)O)cc3)cc2)c1. The molecular weight excluding hydrogens is 817 g/mol. The van der Waals surface area contributed by atoms with Gasteiger partial charge in [0.1, 0.15) is 5.82 Å². The number of aliphatic hydroxyl groups is 1. The van der Waals surface area contributed by atoms with Crippen molar-refractivity contribution in [3.63, 3.8) is 0 Å². The largest absolute Gasteiger partial charge is 0.481 e. The molecule has 0 spiro atoms. The zero-order valence-corrected chi connectivity index (χ0v) is 35.3.